The van der Waals surface area contributed by atoms with E-state index in [4.69, 9.17) is 4.74 Å². The number of likely N-dealkylation sites (N-methyl/N-ethyl adjacent to an activating group) is 1. The smallest absolute Gasteiger partial charge is 0.416 e. The average Bonchev–Trinajstić information content (AvgIpc) is 3.78. The van der Waals surface area contributed by atoms with Gasteiger partial charge in [-0.2, -0.15) is 13.2 Å². The molecular weight excluding hydrogens is 549 g/mol. The standard InChI is InChI=1S/C23H36N4O4.C8H7F3/c1-4-5-6-9-19-17(2)8-7-12-24-20(28)15-26-21(29)16-27(3)23(30)22(18-10-11-18)25-13-14-31-19;1-6-2-4-7(5-3-6)8(9,10)11/h4-6,9,18,22,25H,7-8,10-16H2,1-3H3,(H,24,28)(H,26,29);2-5H,1H3/b5-4-,9-6-,19-17-;. The Bertz CT molecular complexity index is 1130. The maximum Gasteiger partial charge on any atom is 0.416 e. The van der Waals surface area contributed by atoms with Crippen LogP contribution in [0.15, 0.2) is 59.9 Å². The second kappa shape index (κ2) is 17.4. The quantitative estimate of drug-likeness (QED) is 0.456. The SMILES string of the molecule is C\C=C/C=C\C1=C(/C)CCCNC(=O)CNC(=O)CN(C)C(=O)C(C2CC2)NCCO1.Cc1ccc(C(F)(F)F)cc1. The number of amides is 3. The molecule has 1 heterocycles. The highest BCUT2D eigenvalue weighted by Crippen LogP contribution is 2.33. The molecule has 1 aromatic rings. The Hall–Kier alpha value is -3.60. The number of aryl methyl sites for hydroxylation is 1. The first kappa shape index (κ1) is 34.6. The number of halogens is 3. The van der Waals surface area contributed by atoms with Crippen molar-refractivity contribution in [3.05, 3.63) is 71.0 Å². The highest BCUT2D eigenvalue weighted by Gasteiger charge is 2.37. The summed E-state index contributed by atoms with van der Waals surface area (Å²) in [5.74, 6) is 0.406. The van der Waals surface area contributed by atoms with Crippen LogP contribution in [0.1, 0.15) is 50.7 Å². The lowest BCUT2D eigenvalue weighted by Crippen LogP contribution is -2.50. The van der Waals surface area contributed by atoms with Gasteiger partial charge in [-0.25, -0.2) is 0 Å². The summed E-state index contributed by atoms with van der Waals surface area (Å²) in [6.45, 7) is 7.05. The van der Waals surface area contributed by atoms with Crippen molar-refractivity contribution in [2.75, 3.05) is 39.8 Å². The van der Waals surface area contributed by atoms with Gasteiger partial charge >= 0.3 is 6.18 Å². The zero-order chi connectivity index (χ0) is 31.1. The first-order chi connectivity index (χ1) is 19.9. The fourth-order valence-corrected chi connectivity index (χ4v) is 4.10. The predicted octanol–water partition coefficient (Wildman–Crippen LogP) is 4.28. The van der Waals surface area contributed by atoms with Gasteiger partial charge in [0.25, 0.3) is 0 Å². The van der Waals surface area contributed by atoms with Gasteiger partial charge in [0, 0.05) is 20.1 Å². The van der Waals surface area contributed by atoms with E-state index in [1.165, 1.54) is 17.0 Å². The van der Waals surface area contributed by atoms with E-state index in [0.717, 1.165) is 54.7 Å². The molecule has 8 nitrogen and oxygen atoms in total. The van der Waals surface area contributed by atoms with Crippen molar-refractivity contribution in [3.8, 4) is 0 Å². The zero-order valence-corrected chi connectivity index (χ0v) is 24.9. The van der Waals surface area contributed by atoms with Crippen LogP contribution in [0.4, 0.5) is 13.2 Å². The summed E-state index contributed by atoms with van der Waals surface area (Å²) in [5.41, 5.74) is 1.33. The molecule has 1 atom stereocenters. The summed E-state index contributed by atoms with van der Waals surface area (Å²) in [5, 5.41) is 8.71. The Morgan fingerprint density at radius 1 is 0.976 bits per heavy atom. The van der Waals surface area contributed by atoms with E-state index < -0.39 is 11.7 Å². The Balaban J connectivity index is 0.000000468. The molecular formula is C31H43F3N4O4. The summed E-state index contributed by atoms with van der Waals surface area (Å²) in [4.78, 5) is 38.4. The molecule has 42 heavy (non-hydrogen) atoms. The largest absolute Gasteiger partial charge is 0.492 e. The molecule has 1 unspecified atom stereocenters. The normalized spacial score (nSPS) is 22.5. The van der Waals surface area contributed by atoms with Crippen molar-refractivity contribution in [1.82, 2.24) is 20.9 Å². The number of ether oxygens (including phenoxy) is 1. The van der Waals surface area contributed by atoms with Gasteiger partial charge in [-0.1, -0.05) is 35.9 Å². The number of allylic oxidation sites excluding steroid dienone is 5. The molecule has 3 N–H and O–H groups in total. The average molecular weight is 593 g/mol. The molecule has 0 spiro atoms. The summed E-state index contributed by atoms with van der Waals surface area (Å²) in [6, 6.07) is 4.73. The van der Waals surface area contributed by atoms with Crippen molar-refractivity contribution in [3.63, 3.8) is 0 Å². The molecule has 1 aliphatic heterocycles. The second-order valence-corrected chi connectivity index (χ2v) is 10.4. The molecule has 3 amide bonds. The molecule has 0 bridgehead atoms. The van der Waals surface area contributed by atoms with Crippen LogP contribution in [0.3, 0.4) is 0 Å². The van der Waals surface area contributed by atoms with Crippen molar-refractivity contribution in [2.45, 2.75) is 58.7 Å². The van der Waals surface area contributed by atoms with Crippen molar-refractivity contribution < 1.29 is 32.3 Å². The number of carbonyl (C=O) groups excluding carboxylic acids is 3. The van der Waals surface area contributed by atoms with Gasteiger partial charge in [-0.05, 0) is 76.2 Å². The Morgan fingerprint density at radius 2 is 1.67 bits per heavy atom. The van der Waals surface area contributed by atoms with Gasteiger partial charge in [0.1, 0.15) is 12.4 Å². The fourth-order valence-electron chi connectivity index (χ4n) is 4.10. The van der Waals surface area contributed by atoms with Crippen LogP contribution in [-0.4, -0.2) is 68.5 Å². The molecule has 1 fully saturated rings. The maximum atomic E-state index is 12.9. The van der Waals surface area contributed by atoms with Crippen molar-refractivity contribution in [2.24, 2.45) is 5.92 Å². The van der Waals surface area contributed by atoms with Crippen LogP contribution in [0.5, 0.6) is 0 Å². The van der Waals surface area contributed by atoms with Gasteiger partial charge in [-0.15, -0.1) is 0 Å². The third-order valence-electron chi connectivity index (χ3n) is 6.69. The lowest BCUT2D eigenvalue weighted by Gasteiger charge is -2.24. The fraction of sp³-hybridized carbons (Fsp3) is 0.516. The van der Waals surface area contributed by atoms with E-state index in [9.17, 15) is 27.6 Å². The van der Waals surface area contributed by atoms with E-state index in [2.05, 4.69) is 16.0 Å². The maximum absolute atomic E-state index is 12.9. The highest BCUT2D eigenvalue weighted by atomic mass is 19.4. The third-order valence-corrected chi connectivity index (χ3v) is 6.69. The van der Waals surface area contributed by atoms with Gasteiger partial charge in [0.05, 0.1) is 24.7 Å². The third kappa shape index (κ3) is 12.9. The monoisotopic (exact) mass is 592 g/mol. The first-order valence-electron chi connectivity index (χ1n) is 14.2. The van der Waals surface area contributed by atoms with E-state index in [0.29, 0.717) is 25.6 Å². The number of hydrogen-bond donors (Lipinski definition) is 3. The summed E-state index contributed by atoms with van der Waals surface area (Å²) in [6.07, 6.45) is 7.12. The van der Waals surface area contributed by atoms with Crippen LogP contribution in [0.25, 0.3) is 0 Å². The Kier molecular flexibility index (Phi) is 14.3. The minimum atomic E-state index is -4.21. The minimum absolute atomic E-state index is 0.0741. The molecule has 1 aromatic carbocycles. The lowest BCUT2D eigenvalue weighted by atomic mass is 10.1. The molecule has 232 valence electrons. The Morgan fingerprint density at radius 3 is 2.29 bits per heavy atom. The molecule has 0 saturated heterocycles. The molecule has 2 aliphatic rings. The number of rotatable bonds is 3. The lowest BCUT2D eigenvalue weighted by molar-refractivity contribution is -0.137. The van der Waals surface area contributed by atoms with E-state index in [-0.39, 0.29) is 36.9 Å². The van der Waals surface area contributed by atoms with E-state index >= 15 is 0 Å². The molecule has 1 saturated carbocycles. The number of alkyl halides is 3. The van der Waals surface area contributed by atoms with Gasteiger partial charge in [-0.3, -0.25) is 14.4 Å². The molecule has 1 aliphatic carbocycles. The van der Waals surface area contributed by atoms with Gasteiger partial charge in [0.2, 0.25) is 17.7 Å². The minimum Gasteiger partial charge on any atom is -0.492 e. The van der Waals surface area contributed by atoms with E-state index in [1.807, 2.05) is 38.2 Å². The molecule has 3 rings (SSSR count). The number of carbonyl (C=O) groups is 3. The molecule has 0 radical (unpaired) electrons. The topological polar surface area (TPSA) is 99.8 Å². The number of nitrogens with one attached hydrogen (secondary N) is 3. The van der Waals surface area contributed by atoms with E-state index in [1.54, 1.807) is 14.0 Å². The number of nitrogens with zero attached hydrogens (tertiary/aromatic N) is 1. The van der Waals surface area contributed by atoms with Crippen LogP contribution in [-0.2, 0) is 25.3 Å². The predicted molar refractivity (Wildman–Crippen MR) is 156 cm³/mol. The van der Waals surface area contributed by atoms with Gasteiger partial charge < -0.3 is 25.6 Å². The number of benzene rings is 1. The molecule has 11 heteroatoms. The highest BCUT2D eigenvalue weighted by molar-refractivity contribution is 5.89. The number of hydrogen-bond acceptors (Lipinski definition) is 5. The molecule has 0 aromatic heterocycles. The summed E-state index contributed by atoms with van der Waals surface area (Å²) in [7, 11) is 1.62. The van der Waals surface area contributed by atoms with Crippen molar-refractivity contribution in [1.29, 1.82) is 0 Å². The summed E-state index contributed by atoms with van der Waals surface area (Å²) >= 11 is 0. The zero-order valence-electron chi connectivity index (χ0n) is 24.9. The summed E-state index contributed by atoms with van der Waals surface area (Å²) < 4.78 is 41.8. The van der Waals surface area contributed by atoms with Crippen LogP contribution in [0, 0.1) is 12.8 Å². The van der Waals surface area contributed by atoms with Crippen LogP contribution >= 0.6 is 0 Å². The van der Waals surface area contributed by atoms with Crippen molar-refractivity contribution >= 4 is 17.7 Å². The Labute approximate surface area is 246 Å². The first-order valence-corrected chi connectivity index (χ1v) is 14.2. The van der Waals surface area contributed by atoms with Crippen LogP contribution in [0.2, 0.25) is 0 Å². The van der Waals surface area contributed by atoms with Gasteiger partial charge in [0.15, 0.2) is 0 Å². The second-order valence-electron chi connectivity index (χ2n) is 10.4. The van der Waals surface area contributed by atoms with Crippen LogP contribution < -0.4 is 16.0 Å².